The first-order valence-electron chi connectivity index (χ1n) is 10.1. The van der Waals surface area contributed by atoms with E-state index in [1.54, 1.807) is 16.8 Å². The van der Waals surface area contributed by atoms with Crippen molar-refractivity contribution in [2.45, 2.75) is 58.8 Å². The van der Waals surface area contributed by atoms with Crippen LogP contribution in [0.5, 0.6) is 0 Å². The van der Waals surface area contributed by atoms with Crippen molar-refractivity contribution < 1.29 is 0 Å². The summed E-state index contributed by atoms with van der Waals surface area (Å²) in [5.74, 6) is 0.792. The first-order chi connectivity index (χ1) is 12.1. The highest BCUT2D eigenvalue weighted by atomic mass is 15.1. The number of likely N-dealkylation sites (N-methyl/N-ethyl adjacent to an activating group) is 1. The summed E-state index contributed by atoms with van der Waals surface area (Å²) < 4.78 is 2.55. The summed E-state index contributed by atoms with van der Waals surface area (Å²) in [7, 11) is 2.26. The van der Waals surface area contributed by atoms with Crippen molar-refractivity contribution in [2.24, 2.45) is 5.92 Å². The Morgan fingerprint density at radius 2 is 1.84 bits per heavy atom. The fourth-order valence-electron chi connectivity index (χ4n) is 4.82. The van der Waals surface area contributed by atoms with Gasteiger partial charge in [0, 0.05) is 36.8 Å². The third-order valence-electron chi connectivity index (χ3n) is 6.43. The highest BCUT2D eigenvalue weighted by Crippen LogP contribution is 2.34. The highest BCUT2D eigenvalue weighted by Gasteiger charge is 2.21. The van der Waals surface area contributed by atoms with Crippen LogP contribution in [-0.2, 0) is 12.8 Å². The fraction of sp³-hybridized carbons (Fsp3) is 0.565. The number of aryl methyl sites for hydroxylation is 1. The molecule has 1 saturated carbocycles. The van der Waals surface area contributed by atoms with Crippen molar-refractivity contribution in [3.63, 3.8) is 0 Å². The lowest BCUT2D eigenvalue weighted by molar-refractivity contribution is 0.351. The number of allylic oxidation sites excluding steroid dienone is 1. The molecule has 1 aliphatic carbocycles. The second-order valence-corrected chi connectivity index (χ2v) is 8.33. The van der Waals surface area contributed by atoms with Crippen molar-refractivity contribution in [2.75, 3.05) is 20.1 Å². The molecule has 134 valence electrons. The number of rotatable bonds is 2. The van der Waals surface area contributed by atoms with Gasteiger partial charge in [0.25, 0.3) is 0 Å². The summed E-state index contributed by atoms with van der Waals surface area (Å²) in [6.45, 7) is 6.92. The molecule has 2 nitrogen and oxygen atoms in total. The van der Waals surface area contributed by atoms with Crippen LogP contribution < -0.4 is 0 Å². The zero-order chi connectivity index (χ0) is 17.4. The van der Waals surface area contributed by atoms with Gasteiger partial charge in [0.05, 0.1) is 5.52 Å². The lowest BCUT2D eigenvalue weighted by Crippen LogP contribution is -2.21. The summed E-state index contributed by atoms with van der Waals surface area (Å²) in [4.78, 5) is 2.48. The van der Waals surface area contributed by atoms with Crippen LogP contribution in [-0.4, -0.2) is 29.6 Å². The van der Waals surface area contributed by atoms with Crippen LogP contribution >= 0.6 is 0 Å². The molecule has 2 aromatic rings. The highest BCUT2D eigenvalue weighted by molar-refractivity contribution is 5.88. The molecule has 2 heteroatoms. The smallest absolute Gasteiger partial charge is 0.0528 e. The summed E-state index contributed by atoms with van der Waals surface area (Å²) >= 11 is 0. The lowest BCUT2D eigenvalue weighted by Gasteiger charge is -2.23. The first-order valence-corrected chi connectivity index (χ1v) is 10.1. The Hall–Kier alpha value is -1.54. The van der Waals surface area contributed by atoms with Gasteiger partial charge in [-0.2, -0.15) is 0 Å². The van der Waals surface area contributed by atoms with Gasteiger partial charge in [0.15, 0.2) is 0 Å². The molecule has 0 spiro atoms. The predicted octanol–water partition coefficient (Wildman–Crippen LogP) is 5.42. The van der Waals surface area contributed by atoms with Crippen LogP contribution in [0.1, 0.15) is 55.8 Å². The number of hydrogen-bond donors (Lipinski definition) is 0. The molecule has 1 aliphatic heterocycles. The molecule has 2 aliphatic rings. The monoisotopic (exact) mass is 336 g/mol. The molecule has 0 saturated heterocycles. The average Bonchev–Trinajstić information content (AvgIpc) is 2.76. The van der Waals surface area contributed by atoms with E-state index in [0.29, 0.717) is 0 Å². The summed E-state index contributed by atoms with van der Waals surface area (Å²) in [5.41, 5.74) is 7.52. The lowest BCUT2D eigenvalue weighted by atomic mass is 9.85. The number of benzene rings is 1. The van der Waals surface area contributed by atoms with Gasteiger partial charge < -0.3 is 9.47 Å². The van der Waals surface area contributed by atoms with Crippen LogP contribution in [0.15, 0.2) is 23.8 Å². The summed E-state index contributed by atoms with van der Waals surface area (Å²) in [5, 5.41) is 1.48. The van der Waals surface area contributed by atoms with E-state index in [0.717, 1.165) is 12.3 Å². The Labute approximate surface area is 152 Å². The van der Waals surface area contributed by atoms with E-state index in [9.17, 15) is 0 Å². The maximum atomic E-state index is 2.55. The molecule has 1 aromatic heterocycles. The van der Waals surface area contributed by atoms with Crippen LogP contribution in [0.2, 0.25) is 0 Å². The molecule has 0 N–H and O–H groups in total. The van der Waals surface area contributed by atoms with E-state index in [-0.39, 0.29) is 0 Å². The topological polar surface area (TPSA) is 8.17 Å². The molecule has 1 fully saturated rings. The molecule has 0 unspecified atom stereocenters. The van der Waals surface area contributed by atoms with E-state index >= 15 is 0 Å². The van der Waals surface area contributed by atoms with Gasteiger partial charge >= 0.3 is 0 Å². The first kappa shape index (κ1) is 16.9. The minimum absolute atomic E-state index is 0.792. The Morgan fingerprint density at radius 3 is 2.64 bits per heavy atom. The molecule has 4 rings (SSSR count). The Kier molecular flexibility index (Phi) is 4.73. The second-order valence-electron chi connectivity index (χ2n) is 8.33. The number of aromatic nitrogens is 1. The molecule has 25 heavy (non-hydrogen) atoms. The summed E-state index contributed by atoms with van der Waals surface area (Å²) in [6.07, 6.45) is 11.8. The largest absolute Gasteiger partial charge is 0.320 e. The minimum atomic E-state index is 0.792. The normalized spacial score (nSPS) is 20.7. The second kappa shape index (κ2) is 6.99. The van der Waals surface area contributed by atoms with Gasteiger partial charge in [-0.15, -0.1) is 0 Å². The maximum Gasteiger partial charge on any atom is 0.0528 e. The van der Waals surface area contributed by atoms with Gasteiger partial charge in [-0.1, -0.05) is 36.5 Å². The van der Waals surface area contributed by atoms with Crippen molar-refractivity contribution in [1.29, 1.82) is 0 Å². The van der Waals surface area contributed by atoms with E-state index < -0.39 is 0 Å². The van der Waals surface area contributed by atoms with Gasteiger partial charge in [-0.05, 0) is 63.8 Å². The maximum absolute atomic E-state index is 2.55. The molecule has 2 heterocycles. The van der Waals surface area contributed by atoms with Crippen LogP contribution in [0.25, 0.3) is 17.1 Å². The fourth-order valence-corrected chi connectivity index (χ4v) is 4.82. The van der Waals surface area contributed by atoms with Gasteiger partial charge in [0.1, 0.15) is 0 Å². The molecular formula is C23H32N2. The molecular weight excluding hydrogens is 304 g/mol. The van der Waals surface area contributed by atoms with Crippen molar-refractivity contribution in [3.05, 3.63) is 40.6 Å². The molecule has 0 radical (unpaired) electrons. The van der Waals surface area contributed by atoms with E-state index in [4.69, 9.17) is 0 Å². The van der Waals surface area contributed by atoms with Gasteiger partial charge in [0.2, 0.25) is 0 Å². The minimum Gasteiger partial charge on any atom is -0.320 e. The van der Waals surface area contributed by atoms with E-state index in [1.165, 1.54) is 68.1 Å². The van der Waals surface area contributed by atoms with E-state index in [2.05, 4.69) is 54.8 Å². The van der Waals surface area contributed by atoms with E-state index in [1.807, 2.05) is 0 Å². The number of nitrogens with zero attached hydrogens (tertiary/aromatic N) is 2. The predicted molar refractivity (Wildman–Crippen MR) is 108 cm³/mol. The van der Waals surface area contributed by atoms with Crippen LogP contribution in [0.3, 0.4) is 0 Å². The van der Waals surface area contributed by atoms with Crippen molar-refractivity contribution in [1.82, 2.24) is 9.47 Å². The zero-order valence-electron chi connectivity index (χ0n) is 16.1. The standard InChI is InChI=1S/C23H32N2/c1-17-9-10-22-21(15-17)20-11-13-24(3)14-12-23(20)25(22)16-18(2)19-7-5-4-6-8-19/h9-10,15-16,19H,4-8,11-14H2,1-3H3/b18-16+. The van der Waals surface area contributed by atoms with Crippen LogP contribution in [0, 0.1) is 12.8 Å². The molecule has 0 bridgehead atoms. The molecule has 0 atom stereocenters. The Morgan fingerprint density at radius 1 is 1.08 bits per heavy atom. The third kappa shape index (κ3) is 3.29. The van der Waals surface area contributed by atoms with Crippen molar-refractivity contribution in [3.8, 4) is 0 Å². The average molecular weight is 337 g/mol. The number of fused-ring (bicyclic) bond motifs is 3. The molecule has 0 amide bonds. The Balaban J connectivity index is 1.82. The zero-order valence-corrected chi connectivity index (χ0v) is 16.1. The van der Waals surface area contributed by atoms with Crippen molar-refractivity contribution >= 4 is 17.1 Å². The SMILES string of the molecule is C/C(=C\n1c2c(c3cc(C)ccc31)CCN(C)CC2)C1CCCCC1. The number of hydrogen-bond acceptors (Lipinski definition) is 1. The van der Waals surface area contributed by atoms with Gasteiger partial charge in [-0.25, -0.2) is 0 Å². The Bertz CT molecular complexity index is 790. The summed E-state index contributed by atoms with van der Waals surface area (Å²) in [6, 6.07) is 7.02. The van der Waals surface area contributed by atoms with Gasteiger partial charge in [-0.3, -0.25) is 0 Å². The third-order valence-corrected chi connectivity index (χ3v) is 6.43. The quantitative estimate of drug-likeness (QED) is 0.711. The van der Waals surface area contributed by atoms with Crippen LogP contribution in [0.4, 0.5) is 0 Å². The molecule has 1 aromatic carbocycles.